The molecule has 2 heterocycles. The van der Waals surface area contributed by atoms with E-state index < -0.39 is 5.79 Å². The van der Waals surface area contributed by atoms with Crippen LogP contribution in [0.15, 0.2) is 40.9 Å². The lowest BCUT2D eigenvalue weighted by atomic mass is 10.1. The minimum absolute atomic E-state index is 0.176. The number of hydrogen-bond donors (Lipinski definition) is 0. The summed E-state index contributed by atoms with van der Waals surface area (Å²) in [4.78, 5) is 0. The van der Waals surface area contributed by atoms with Crippen LogP contribution < -0.4 is 0 Å². The number of ether oxygens (including phenoxy) is 2. The SMILES string of the molecule is CC1(C)OC[C@H](c2cc(-c3ccccc3)no2)O1. The second-order valence-corrected chi connectivity index (χ2v) is 4.80. The van der Waals surface area contributed by atoms with Gasteiger partial charge in [0.1, 0.15) is 11.8 Å². The van der Waals surface area contributed by atoms with Gasteiger partial charge in [-0.15, -0.1) is 0 Å². The van der Waals surface area contributed by atoms with Crippen LogP contribution in [0.2, 0.25) is 0 Å². The van der Waals surface area contributed by atoms with Gasteiger partial charge in [0, 0.05) is 11.6 Å². The zero-order chi connectivity index (χ0) is 12.6. The fourth-order valence-corrected chi connectivity index (χ4v) is 2.01. The maximum absolute atomic E-state index is 5.73. The van der Waals surface area contributed by atoms with Crippen molar-refractivity contribution in [3.63, 3.8) is 0 Å². The van der Waals surface area contributed by atoms with E-state index in [4.69, 9.17) is 14.0 Å². The largest absolute Gasteiger partial charge is 0.358 e. The van der Waals surface area contributed by atoms with Crippen molar-refractivity contribution in [3.05, 3.63) is 42.2 Å². The van der Waals surface area contributed by atoms with E-state index >= 15 is 0 Å². The summed E-state index contributed by atoms with van der Waals surface area (Å²) in [6.07, 6.45) is -0.176. The molecule has 3 rings (SSSR count). The minimum Gasteiger partial charge on any atom is -0.358 e. The van der Waals surface area contributed by atoms with E-state index in [-0.39, 0.29) is 6.10 Å². The molecule has 1 aromatic carbocycles. The van der Waals surface area contributed by atoms with Crippen molar-refractivity contribution in [3.8, 4) is 11.3 Å². The molecule has 1 atom stereocenters. The third-order valence-corrected chi connectivity index (χ3v) is 2.92. The monoisotopic (exact) mass is 245 g/mol. The molecule has 4 nitrogen and oxygen atoms in total. The first kappa shape index (κ1) is 11.4. The molecular formula is C14H15NO3. The van der Waals surface area contributed by atoms with Crippen LogP contribution >= 0.6 is 0 Å². The fourth-order valence-electron chi connectivity index (χ4n) is 2.01. The smallest absolute Gasteiger partial charge is 0.168 e. The molecule has 0 unspecified atom stereocenters. The highest BCUT2D eigenvalue weighted by Gasteiger charge is 2.35. The summed E-state index contributed by atoms with van der Waals surface area (Å²) in [6.45, 7) is 4.28. The molecule has 4 heteroatoms. The molecule has 94 valence electrons. The molecule has 0 bridgehead atoms. The molecule has 0 N–H and O–H groups in total. The molecule has 0 radical (unpaired) electrons. The van der Waals surface area contributed by atoms with Gasteiger partial charge in [0.15, 0.2) is 11.5 Å². The van der Waals surface area contributed by atoms with Crippen LogP contribution in [0.1, 0.15) is 25.7 Å². The summed E-state index contributed by atoms with van der Waals surface area (Å²) >= 11 is 0. The normalized spacial score (nSPS) is 22.2. The van der Waals surface area contributed by atoms with Gasteiger partial charge in [-0.1, -0.05) is 35.5 Å². The van der Waals surface area contributed by atoms with Gasteiger partial charge in [0.2, 0.25) is 0 Å². The molecule has 2 aromatic rings. The van der Waals surface area contributed by atoms with Crippen molar-refractivity contribution in [2.45, 2.75) is 25.7 Å². The fraction of sp³-hybridized carbons (Fsp3) is 0.357. The van der Waals surface area contributed by atoms with Crippen molar-refractivity contribution in [1.29, 1.82) is 0 Å². The summed E-state index contributed by atoms with van der Waals surface area (Å²) in [5.41, 5.74) is 1.85. The molecule has 1 aliphatic heterocycles. The Kier molecular flexibility index (Phi) is 2.69. The zero-order valence-corrected chi connectivity index (χ0v) is 10.4. The lowest BCUT2D eigenvalue weighted by Gasteiger charge is -2.15. The van der Waals surface area contributed by atoms with Crippen LogP contribution in [-0.2, 0) is 9.47 Å². The molecule has 18 heavy (non-hydrogen) atoms. The van der Waals surface area contributed by atoms with Crippen LogP contribution in [0.5, 0.6) is 0 Å². The van der Waals surface area contributed by atoms with Crippen LogP contribution in [-0.4, -0.2) is 17.6 Å². The Morgan fingerprint density at radius 2 is 2.00 bits per heavy atom. The first-order valence-corrected chi connectivity index (χ1v) is 5.98. The summed E-state index contributed by atoms with van der Waals surface area (Å²) < 4.78 is 16.6. The second kappa shape index (κ2) is 4.23. The van der Waals surface area contributed by atoms with Gasteiger partial charge in [-0.2, -0.15) is 0 Å². The highest BCUT2D eigenvalue weighted by atomic mass is 16.7. The molecule has 1 saturated heterocycles. The topological polar surface area (TPSA) is 44.5 Å². The van der Waals surface area contributed by atoms with Crippen molar-refractivity contribution in [2.24, 2.45) is 0 Å². The van der Waals surface area contributed by atoms with Gasteiger partial charge in [-0.25, -0.2) is 0 Å². The van der Waals surface area contributed by atoms with Gasteiger partial charge in [-0.3, -0.25) is 0 Å². The van der Waals surface area contributed by atoms with Gasteiger partial charge in [0.05, 0.1) is 6.61 Å². The highest BCUT2D eigenvalue weighted by molar-refractivity contribution is 5.58. The van der Waals surface area contributed by atoms with Crippen LogP contribution in [0.3, 0.4) is 0 Å². The van der Waals surface area contributed by atoms with Crippen molar-refractivity contribution < 1.29 is 14.0 Å². The third-order valence-electron chi connectivity index (χ3n) is 2.92. The van der Waals surface area contributed by atoms with Crippen molar-refractivity contribution in [2.75, 3.05) is 6.61 Å². The Balaban J connectivity index is 1.83. The van der Waals surface area contributed by atoms with E-state index in [9.17, 15) is 0 Å². The molecule has 0 amide bonds. The number of nitrogens with zero attached hydrogens (tertiary/aromatic N) is 1. The zero-order valence-electron chi connectivity index (χ0n) is 10.4. The number of aromatic nitrogens is 1. The van der Waals surface area contributed by atoms with Crippen LogP contribution in [0, 0.1) is 0 Å². The average molecular weight is 245 g/mol. The first-order valence-electron chi connectivity index (χ1n) is 5.98. The average Bonchev–Trinajstić information content (AvgIpc) is 2.96. The van der Waals surface area contributed by atoms with Gasteiger partial charge in [0.25, 0.3) is 0 Å². The number of rotatable bonds is 2. The number of benzene rings is 1. The lowest BCUT2D eigenvalue weighted by molar-refractivity contribution is -0.141. The summed E-state index contributed by atoms with van der Waals surface area (Å²) in [5.74, 6) is 0.157. The molecule has 1 aromatic heterocycles. The van der Waals surface area contributed by atoms with E-state index in [1.165, 1.54) is 0 Å². The molecular weight excluding hydrogens is 230 g/mol. The Bertz CT molecular complexity index is 533. The van der Waals surface area contributed by atoms with Crippen molar-refractivity contribution >= 4 is 0 Å². The van der Waals surface area contributed by atoms with Gasteiger partial charge >= 0.3 is 0 Å². The summed E-state index contributed by atoms with van der Waals surface area (Å²) in [7, 11) is 0. The highest BCUT2D eigenvalue weighted by Crippen LogP contribution is 2.34. The molecule has 0 spiro atoms. The Labute approximate surface area is 105 Å². The molecule has 0 aliphatic carbocycles. The Morgan fingerprint density at radius 3 is 2.67 bits per heavy atom. The number of hydrogen-bond acceptors (Lipinski definition) is 4. The summed E-state index contributed by atoms with van der Waals surface area (Å²) in [5, 5.41) is 4.07. The van der Waals surface area contributed by atoms with E-state index in [0.717, 1.165) is 11.3 Å². The standard InChI is InChI=1S/C14H15NO3/c1-14(2)16-9-13(17-14)12-8-11(15-18-12)10-6-4-3-5-7-10/h3-8,13H,9H2,1-2H3/t13-/m1/s1. The maximum atomic E-state index is 5.73. The summed E-state index contributed by atoms with van der Waals surface area (Å²) in [6, 6.07) is 11.8. The molecule has 1 aliphatic rings. The van der Waals surface area contributed by atoms with Crippen LogP contribution in [0.4, 0.5) is 0 Å². The van der Waals surface area contributed by atoms with Crippen LogP contribution in [0.25, 0.3) is 11.3 Å². The first-order chi connectivity index (χ1) is 8.64. The van der Waals surface area contributed by atoms with E-state index in [2.05, 4.69) is 5.16 Å². The third kappa shape index (κ3) is 2.17. The van der Waals surface area contributed by atoms with E-state index in [1.54, 1.807) is 0 Å². The second-order valence-electron chi connectivity index (χ2n) is 4.80. The Morgan fingerprint density at radius 1 is 1.22 bits per heavy atom. The predicted molar refractivity (Wildman–Crippen MR) is 65.8 cm³/mol. The quantitative estimate of drug-likeness (QED) is 0.815. The Hall–Kier alpha value is -1.65. The lowest BCUT2D eigenvalue weighted by Crippen LogP contribution is -2.19. The molecule has 0 saturated carbocycles. The predicted octanol–water partition coefficient (Wildman–Crippen LogP) is 3.17. The van der Waals surface area contributed by atoms with E-state index in [0.29, 0.717) is 12.4 Å². The molecule has 1 fully saturated rings. The maximum Gasteiger partial charge on any atom is 0.168 e. The van der Waals surface area contributed by atoms with Gasteiger partial charge in [-0.05, 0) is 13.8 Å². The minimum atomic E-state index is -0.551. The van der Waals surface area contributed by atoms with Crippen molar-refractivity contribution in [1.82, 2.24) is 5.16 Å². The van der Waals surface area contributed by atoms with E-state index in [1.807, 2.05) is 50.2 Å². The van der Waals surface area contributed by atoms with Gasteiger partial charge < -0.3 is 14.0 Å².